The van der Waals surface area contributed by atoms with E-state index in [-0.39, 0.29) is 0 Å². The molecule has 0 spiro atoms. The summed E-state index contributed by atoms with van der Waals surface area (Å²) in [6.45, 7) is 12.9. The zero-order valence-corrected chi connectivity index (χ0v) is 12.9. The second-order valence-corrected chi connectivity index (χ2v) is 6.49. The van der Waals surface area contributed by atoms with Gasteiger partial charge < -0.3 is 5.32 Å². The van der Waals surface area contributed by atoms with Crippen molar-refractivity contribution < 1.29 is 0 Å². The molecular weight excluding hydrogens is 228 g/mol. The maximum Gasteiger partial charge on any atom is 0.0304 e. The van der Waals surface area contributed by atoms with Crippen LogP contribution in [-0.2, 0) is 0 Å². The largest absolute Gasteiger partial charge is 0.308 e. The number of nitrogens with one attached hydrogen (secondary N) is 1. The number of thioether (sulfide) groups is 1. The first-order chi connectivity index (χ1) is 8.21. The van der Waals surface area contributed by atoms with Crippen LogP contribution in [0.3, 0.4) is 0 Å². The predicted molar refractivity (Wildman–Crippen MR) is 80.0 cm³/mol. The highest BCUT2D eigenvalue weighted by Gasteiger charge is 2.35. The SMILES string of the molecule is CCSCCN1CC(CC)(CC)NCC1CC. The molecule has 1 heterocycles. The first-order valence-electron chi connectivity index (χ1n) is 7.28. The van der Waals surface area contributed by atoms with Crippen molar-refractivity contribution in [3.63, 3.8) is 0 Å². The van der Waals surface area contributed by atoms with Gasteiger partial charge in [-0.1, -0.05) is 27.7 Å². The van der Waals surface area contributed by atoms with Crippen LogP contribution in [0.4, 0.5) is 0 Å². The van der Waals surface area contributed by atoms with Gasteiger partial charge in [-0.15, -0.1) is 0 Å². The van der Waals surface area contributed by atoms with Gasteiger partial charge in [0.05, 0.1) is 0 Å². The third-order valence-electron chi connectivity index (χ3n) is 4.29. The smallest absolute Gasteiger partial charge is 0.0304 e. The van der Waals surface area contributed by atoms with E-state index in [1.54, 1.807) is 0 Å². The summed E-state index contributed by atoms with van der Waals surface area (Å²) in [4.78, 5) is 2.73. The average molecular weight is 258 g/mol. The van der Waals surface area contributed by atoms with E-state index in [4.69, 9.17) is 0 Å². The zero-order valence-electron chi connectivity index (χ0n) is 12.1. The highest BCUT2D eigenvalue weighted by Crippen LogP contribution is 2.24. The van der Waals surface area contributed by atoms with Crippen LogP contribution < -0.4 is 5.32 Å². The summed E-state index contributed by atoms with van der Waals surface area (Å²) in [5, 5.41) is 3.80. The summed E-state index contributed by atoms with van der Waals surface area (Å²) in [6, 6.07) is 0.749. The number of piperazine rings is 1. The van der Waals surface area contributed by atoms with E-state index < -0.39 is 0 Å². The molecule has 1 unspecified atom stereocenters. The van der Waals surface area contributed by atoms with E-state index in [1.807, 2.05) is 0 Å². The molecule has 102 valence electrons. The molecule has 3 heteroatoms. The Morgan fingerprint density at radius 2 is 1.94 bits per heavy atom. The van der Waals surface area contributed by atoms with Crippen LogP contribution in [0.2, 0.25) is 0 Å². The molecule has 0 saturated carbocycles. The fourth-order valence-electron chi connectivity index (χ4n) is 2.75. The average Bonchev–Trinajstić information content (AvgIpc) is 2.39. The van der Waals surface area contributed by atoms with E-state index >= 15 is 0 Å². The molecule has 0 aromatic rings. The number of rotatable bonds is 7. The van der Waals surface area contributed by atoms with Crippen LogP contribution in [0.1, 0.15) is 47.0 Å². The maximum absolute atomic E-state index is 3.80. The molecule has 1 N–H and O–H groups in total. The lowest BCUT2D eigenvalue weighted by Crippen LogP contribution is -2.63. The fraction of sp³-hybridized carbons (Fsp3) is 1.00. The van der Waals surface area contributed by atoms with E-state index in [0.717, 1.165) is 6.04 Å². The Hall–Kier alpha value is 0.270. The first kappa shape index (κ1) is 15.3. The molecule has 1 aliphatic heterocycles. The molecule has 1 saturated heterocycles. The topological polar surface area (TPSA) is 15.3 Å². The third-order valence-corrected chi connectivity index (χ3v) is 5.17. The lowest BCUT2D eigenvalue weighted by atomic mass is 9.88. The summed E-state index contributed by atoms with van der Waals surface area (Å²) in [5.41, 5.74) is 0.378. The van der Waals surface area contributed by atoms with Gasteiger partial charge in [-0.25, -0.2) is 0 Å². The molecule has 2 nitrogen and oxygen atoms in total. The molecule has 1 atom stereocenters. The van der Waals surface area contributed by atoms with Gasteiger partial charge in [-0.2, -0.15) is 11.8 Å². The van der Waals surface area contributed by atoms with Crippen molar-refractivity contribution in [1.82, 2.24) is 10.2 Å². The molecule has 0 amide bonds. The second kappa shape index (κ2) is 7.65. The number of hydrogen-bond acceptors (Lipinski definition) is 3. The normalized spacial score (nSPS) is 25.1. The van der Waals surface area contributed by atoms with Gasteiger partial charge in [-0.3, -0.25) is 4.90 Å². The predicted octanol–water partition coefficient (Wildman–Crippen LogP) is 2.98. The van der Waals surface area contributed by atoms with E-state index in [0.29, 0.717) is 5.54 Å². The molecule has 0 radical (unpaired) electrons. The van der Waals surface area contributed by atoms with Gasteiger partial charge in [0, 0.05) is 37.0 Å². The second-order valence-electron chi connectivity index (χ2n) is 5.10. The zero-order chi connectivity index (χ0) is 12.7. The summed E-state index contributed by atoms with van der Waals surface area (Å²) in [6.07, 6.45) is 3.77. The number of nitrogens with zero attached hydrogens (tertiary/aromatic N) is 1. The highest BCUT2D eigenvalue weighted by atomic mass is 32.2. The Morgan fingerprint density at radius 1 is 1.24 bits per heavy atom. The van der Waals surface area contributed by atoms with Gasteiger partial charge in [0.2, 0.25) is 0 Å². The standard InChI is InChI=1S/C14H30N2S/c1-5-13-11-15-14(6-2,7-3)12-16(13)9-10-17-8-4/h13,15H,5-12H2,1-4H3. The monoisotopic (exact) mass is 258 g/mol. The lowest BCUT2D eigenvalue weighted by molar-refractivity contribution is 0.0764. The third kappa shape index (κ3) is 4.15. The summed E-state index contributed by atoms with van der Waals surface area (Å²) >= 11 is 2.07. The van der Waals surface area contributed by atoms with Crippen LogP contribution in [0.15, 0.2) is 0 Å². The van der Waals surface area contributed by atoms with Gasteiger partial charge in [0.15, 0.2) is 0 Å². The van der Waals surface area contributed by atoms with Crippen LogP contribution >= 0.6 is 11.8 Å². The Labute approximate surface area is 112 Å². The van der Waals surface area contributed by atoms with Crippen molar-refractivity contribution >= 4 is 11.8 Å². The van der Waals surface area contributed by atoms with Crippen LogP contribution in [0.5, 0.6) is 0 Å². The van der Waals surface area contributed by atoms with Crippen molar-refractivity contribution in [2.45, 2.75) is 58.5 Å². The molecule has 17 heavy (non-hydrogen) atoms. The van der Waals surface area contributed by atoms with Gasteiger partial charge in [0.1, 0.15) is 0 Å². The Kier molecular flexibility index (Phi) is 6.90. The lowest BCUT2D eigenvalue weighted by Gasteiger charge is -2.47. The molecule has 1 aliphatic rings. The molecule has 0 bridgehead atoms. The molecule has 0 aromatic heterocycles. The molecule has 0 aliphatic carbocycles. The van der Waals surface area contributed by atoms with Crippen LogP contribution in [0, 0.1) is 0 Å². The van der Waals surface area contributed by atoms with Crippen LogP contribution in [0.25, 0.3) is 0 Å². The van der Waals surface area contributed by atoms with Crippen molar-refractivity contribution in [2.75, 3.05) is 31.1 Å². The number of hydrogen-bond donors (Lipinski definition) is 1. The molecule has 1 fully saturated rings. The molecule has 1 rings (SSSR count). The Bertz CT molecular complexity index is 204. The van der Waals surface area contributed by atoms with Crippen molar-refractivity contribution in [2.24, 2.45) is 0 Å². The van der Waals surface area contributed by atoms with E-state index in [1.165, 1.54) is 50.4 Å². The van der Waals surface area contributed by atoms with E-state index in [9.17, 15) is 0 Å². The quantitative estimate of drug-likeness (QED) is 0.707. The van der Waals surface area contributed by atoms with Crippen LogP contribution in [-0.4, -0.2) is 47.6 Å². The molecular formula is C14H30N2S. The van der Waals surface area contributed by atoms with Crippen molar-refractivity contribution in [3.8, 4) is 0 Å². The minimum atomic E-state index is 0.378. The minimum absolute atomic E-state index is 0.378. The molecule has 0 aromatic carbocycles. The van der Waals surface area contributed by atoms with E-state index in [2.05, 4.69) is 49.7 Å². The summed E-state index contributed by atoms with van der Waals surface area (Å²) in [7, 11) is 0. The minimum Gasteiger partial charge on any atom is -0.308 e. The highest BCUT2D eigenvalue weighted by molar-refractivity contribution is 7.99. The van der Waals surface area contributed by atoms with Crippen molar-refractivity contribution in [1.29, 1.82) is 0 Å². The summed E-state index contributed by atoms with van der Waals surface area (Å²) in [5.74, 6) is 2.53. The maximum atomic E-state index is 3.80. The summed E-state index contributed by atoms with van der Waals surface area (Å²) < 4.78 is 0. The van der Waals surface area contributed by atoms with Crippen molar-refractivity contribution in [3.05, 3.63) is 0 Å². The Balaban J connectivity index is 2.54. The first-order valence-corrected chi connectivity index (χ1v) is 8.43. The van der Waals surface area contributed by atoms with Gasteiger partial charge in [-0.05, 0) is 25.0 Å². The Morgan fingerprint density at radius 3 is 2.47 bits per heavy atom. The fourth-order valence-corrected chi connectivity index (χ4v) is 3.40. The van der Waals surface area contributed by atoms with Gasteiger partial charge in [0.25, 0.3) is 0 Å². The van der Waals surface area contributed by atoms with Gasteiger partial charge >= 0.3 is 0 Å².